The molecule has 1 heterocycles. The second-order valence-electron chi connectivity index (χ2n) is 12.1. The number of aliphatic hydroxyl groups is 1. The van der Waals surface area contributed by atoms with Crippen molar-refractivity contribution in [2.75, 3.05) is 20.3 Å². The van der Waals surface area contributed by atoms with E-state index in [0.29, 0.717) is 36.0 Å². The number of nitrogens with zero attached hydrogens (tertiary/aromatic N) is 4. The van der Waals surface area contributed by atoms with Crippen molar-refractivity contribution < 1.29 is 24.1 Å². The number of aliphatic hydroxyl groups excluding tert-OH is 1. The number of hydrogen-bond donors (Lipinski definition) is 2. The minimum absolute atomic E-state index is 0.0453. The summed E-state index contributed by atoms with van der Waals surface area (Å²) >= 11 is 0. The van der Waals surface area contributed by atoms with E-state index in [9.17, 15) is 4.79 Å². The minimum Gasteiger partial charge on any atom is -0.496 e. The van der Waals surface area contributed by atoms with E-state index < -0.39 is 11.6 Å². The van der Waals surface area contributed by atoms with Crippen LogP contribution in [0.15, 0.2) is 138 Å². The Balaban J connectivity index is 1.45. The first-order valence-corrected chi connectivity index (χ1v) is 16.8. The van der Waals surface area contributed by atoms with Gasteiger partial charge >= 0.3 is 0 Å². The maximum atomic E-state index is 14.9. The molecule has 6 rings (SSSR count). The Hall–Kier alpha value is -6.09. The van der Waals surface area contributed by atoms with E-state index in [-0.39, 0.29) is 32.0 Å². The molecule has 5 aromatic carbocycles. The van der Waals surface area contributed by atoms with E-state index in [0.717, 1.165) is 33.4 Å². The topological polar surface area (TPSA) is 138 Å². The van der Waals surface area contributed by atoms with Gasteiger partial charge in [0.2, 0.25) is 5.90 Å². The van der Waals surface area contributed by atoms with Gasteiger partial charge < -0.3 is 24.6 Å². The highest BCUT2D eigenvalue weighted by Crippen LogP contribution is 2.43. The Bertz CT molecular complexity index is 2010. The molecule has 0 spiro atoms. The number of rotatable bonds is 15. The summed E-state index contributed by atoms with van der Waals surface area (Å²) in [5.74, 6) is 1.29. The Morgan fingerprint density at radius 3 is 2.22 bits per heavy atom. The molecule has 0 aromatic heterocycles. The highest BCUT2D eigenvalue weighted by molar-refractivity contribution is 6.01. The lowest BCUT2D eigenvalue weighted by molar-refractivity contribution is -0.129. The first kappa shape index (κ1) is 34.8. The van der Waals surface area contributed by atoms with Crippen LogP contribution in [0.25, 0.3) is 21.6 Å². The minimum atomic E-state index is -1.46. The molecule has 0 unspecified atom stereocenters. The molecule has 2 N–H and O–H groups in total. The average molecular weight is 682 g/mol. The van der Waals surface area contributed by atoms with Gasteiger partial charge in [-0.1, -0.05) is 102 Å². The highest BCUT2D eigenvalue weighted by atomic mass is 16.5. The van der Waals surface area contributed by atoms with Crippen LogP contribution >= 0.6 is 0 Å². The molecule has 0 fully saturated rings. The highest BCUT2D eigenvalue weighted by Gasteiger charge is 2.53. The van der Waals surface area contributed by atoms with Crippen LogP contribution in [0.5, 0.6) is 11.5 Å². The second-order valence-corrected chi connectivity index (χ2v) is 12.1. The fourth-order valence-corrected chi connectivity index (χ4v) is 6.22. The average Bonchev–Trinajstić information content (AvgIpc) is 3.57. The number of amides is 1. The Morgan fingerprint density at radius 2 is 1.51 bits per heavy atom. The van der Waals surface area contributed by atoms with E-state index in [1.54, 1.807) is 7.11 Å². The Kier molecular flexibility index (Phi) is 11.3. The number of carbonyl (C=O) groups excluding carboxylic acids is 1. The summed E-state index contributed by atoms with van der Waals surface area (Å²) in [5, 5.41) is 16.1. The van der Waals surface area contributed by atoms with Crippen LogP contribution in [0.3, 0.4) is 0 Å². The molecule has 0 bridgehead atoms. The molecular formula is C41H39N5O5. The van der Waals surface area contributed by atoms with Crippen LogP contribution in [0.4, 0.5) is 0 Å². The van der Waals surface area contributed by atoms with Gasteiger partial charge in [0.1, 0.15) is 11.5 Å². The predicted molar refractivity (Wildman–Crippen MR) is 196 cm³/mol. The van der Waals surface area contributed by atoms with Gasteiger partial charge in [0.15, 0.2) is 11.6 Å². The van der Waals surface area contributed by atoms with Crippen LogP contribution in [0.2, 0.25) is 0 Å². The third kappa shape index (κ3) is 8.05. The quantitative estimate of drug-likeness (QED) is 0.0504. The van der Waals surface area contributed by atoms with Crippen molar-refractivity contribution in [3.63, 3.8) is 0 Å². The Morgan fingerprint density at radius 1 is 0.863 bits per heavy atom. The van der Waals surface area contributed by atoms with Gasteiger partial charge in [-0.05, 0) is 63.7 Å². The van der Waals surface area contributed by atoms with Gasteiger partial charge in [-0.3, -0.25) is 4.79 Å². The number of nitrogens with one attached hydrogen (secondary N) is 1. The molecule has 0 radical (unpaired) electrons. The predicted octanol–water partition coefficient (Wildman–Crippen LogP) is 7.75. The van der Waals surface area contributed by atoms with Gasteiger partial charge in [0.05, 0.1) is 20.3 Å². The Labute approximate surface area is 297 Å². The molecule has 1 aliphatic heterocycles. The van der Waals surface area contributed by atoms with Gasteiger partial charge in [0, 0.05) is 42.0 Å². The summed E-state index contributed by atoms with van der Waals surface area (Å²) in [4.78, 5) is 23.0. The van der Waals surface area contributed by atoms with E-state index in [1.165, 1.54) is 0 Å². The summed E-state index contributed by atoms with van der Waals surface area (Å²) in [6.45, 7) is 0.759. The zero-order valence-corrected chi connectivity index (χ0v) is 28.3. The molecule has 0 saturated carbocycles. The van der Waals surface area contributed by atoms with Crippen molar-refractivity contribution in [1.82, 2.24) is 5.32 Å². The molecule has 0 aliphatic carbocycles. The lowest BCUT2D eigenvalue weighted by Crippen LogP contribution is -2.49. The summed E-state index contributed by atoms with van der Waals surface area (Å²) in [5.41, 5.74) is 13.6. The molecule has 5 aromatic rings. The number of ether oxygens (including phenoxy) is 3. The van der Waals surface area contributed by atoms with Crippen LogP contribution in [-0.4, -0.2) is 42.8 Å². The molecule has 0 saturated heterocycles. The van der Waals surface area contributed by atoms with Gasteiger partial charge in [0.25, 0.3) is 5.91 Å². The van der Waals surface area contributed by atoms with Crippen LogP contribution in [0.1, 0.15) is 40.3 Å². The molecule has 10 heteroatoms. The maximum absolute atomic E-state index is 14.9. The normalized spacial score (nSPS) is 16.4. The van der Waals surface area contributed by atoms with Gasteiger partial charge in [-0.15, -0.1) is 0 Å². The van der Waals surface area contributed by atoms with Crippen molar-refractivity contribution in [3.05, 3.63) is 166 Å². The number of hydrogen-bond acceptors (Lipinski definition) is 7. The van der Waals surface area contributed by atoms with E-state index >= 15 is 0 Å². The number of aliphatic imine (C=N–C) groups is 1. The third-order valence-corrected chi connectivity index (χ3v) is 8.87. The fourth-order valence-electron chi connectivity index (χ4n) is 6.22. The van der Waals surface area contributed by atoms with Crippen LogP contribution < -0.4 is 14.8 Å². The first-order chi connectivity index (χ1) is 25.0. The molecule has 1 aliphatic rings. The zero-order chi connectivity index (χ0) is 35.5. The SMILES string of the molecule is COc1ccccc1CNC(=O)[C@]1(Cc2ccccc2CN=[N+]=[N-])N=C(c2ccc(OCCCO)cc2)O[C@@H]1c1ccc(-c2ccccc2)cc1. The molecular weight excluding hydrogens is 642 g/mol. The van der Waals surface area contributed by atoms with Crippen molar-refractivity contribution in [2.24, 2.45) is 10.1 Å². The molecule has 51 heavy (non-hydrogen) atoms. The van der Waals surface area contributed by atoms with Crippen molar-refractivity contribution in [3.8, 4) is 22.6 Å². The van der Waals surface area contributed by atoms with Crippen LogP contribution in [0, 0.1) is 0 Å². The van der Waals surface area contributed by atoms with E-state index in [1.807, 2.05) is 115 Å². The maximum Gasteiger partial charge on any atom is 0.252 e. The number of methoxy groups -OCH3 is 1. The summed E-state index contributed by atoms with van der Waals surface area (Å²) in [7, 11) is 1.60. The zero-order valence-electron chi connectivity index (χ0n) is 28.3. The number of azide groups is 1. The van der Waals surface area contributed by atoms with Crippen molar-refractivity contribution >= 4 is 11.8 Å². The van der Waals surface area contributed by atoms with E-state index in [4.69, 9.17) is 29.8 Å². The number of para-hydroxylation sites is 1. The molecule has 1 amide bonds. The molecule has 10 nitrogen and oxygen atoms in total. The summed E-state index contributed by atoms with van der Waals surface area (Å²) in [6.07, 6.45) is -0.127. The van der Waals surface area contributed by atoms with Gasteiger partial charge in [-0.25, -0.2) is 4.99 Å². The summed E-state index contributed by atoms with van der Waals surface area (Å²) in [6, 6.07) is 40.6. The number of benzene rings is 5. The van der Waals surface area contributed by atoms with Crippen molar-refractivity contribution in [1.29, 1.82) is 0 Å². The first-order valence-electron chi connectivity index (χ1n) is 16.8. The largest absolute Gasteiger partial charge is 0.496 e. The van der Waals surface area contributed by atoms with Crippen LogP contribution in [-0.2, 0) is 29.0 Å². The smallest absolute Gasteiger partial charge is 0.252 e. The summed E-state index contributed by atoms with van der Waals surface area (Å²) < 4.78 is 18.1. The second kappa shape index (κ2) is 16.5. The fraction of sp³-hybridized carbons (Fsp3) is 0.220. The number of carbonyl (C=O) groups is 1. The monoisotopic (exact) mass is 681 g/mol. The lowest BCUT2D eigenvalue weighted by atomic mass is 9.80. The molecule has 2 atom stereocenters. The third-order valence-electron chi connectivity index (χ3n) is 8.87. The lowest BCUT2D eigenvalue weighted by Gasteiger charge is -2.31. The van der Waals surface area contributed by atoms with E-state index in [2.05, 4.69) is 27.5 Å². The van der Waals surface area contributed by atoms with Gasteiger partial charge in [-0.2, -0.15) is 0 Å². The van der Waals surface area contributed by atoms with Crippen molar-refractivity contribution in [2.45, 2.75) is 37.6 Å². The standard InChI is InChI=1S/C41H39N5O5/c1-49-37-15-8-7-14-35(37)27-43-40(48)41(26-33-12-5-6-13-34(33)28-44-46-42)38(31-18-16-30(17-19-31)29-10-3-2-4-11-29)51-39(45-41)32-20-22-36(23-21-32)50-25-9-24-47/h2-8,10-23,38,47H,9,24-28H2,1H3,(H,43,48)/t38-,41-/m1/s1. The molecule has 258 valence electrons.